The summed E-state index contributed by atoms with van der Waals surface area (Å²) < 4.78 is 5.10. The lowest BCUT2D eigenvalue weighted by Crippen LogP contribution is -1.99. The minimum atomic E-state index is -0.878. The predicted octanol–water partition coefficient (Wildman–Crippen LogP) is 2.65. The fourth-order valence-corrected chi connectivity index (χ4v) is 1.37. The lowest BCUT2D eigenvalue weighted by molar-refractivity contribution is -0.136. The van der Waals surface area contributed by atoms with Gasteiger partial charge in [0, 0.05) is 11.3 Å². The summed E-state index contributed by atoms with van der Waals surface area (Å²) in [5.74, 6) is -0.446. The maximum absolute atomic E-state index is 10.5. The molecule has 84 valence electrons. The zero-order valence-corrected chi connectivity index (χ0v) is 8.75. The second-order valence-electron chi connectivity index (χ2n) is 3.05. The van der Waals surface area contributed by atoms with Crippen LogP contribution in [0.3, 0.4) is 0 Å². The molecule has 0 heterocycles. The number of azide groups is 1. The van der Waals surface area contributed by atoms with Gasteiger partial charge in [0.15, 0.2) is 0 Å². The first kappa shape index (κ1) is 11.9. The highest BCUT2D eigenvalue weighted by Crippen LogP contribution is 2.32. The van der Waals surface area contributed by atoms with Crippen LogP contribution in [0.15, 0.2) is 23.3 Å². The van der Waals surface area contributed by atoms with Gasteiger partial charge in [0.25, 0.3) is 0 Å². The van der Waals surface area contributed by atoms with Gasteiger partial charge in [0.05, 0.1) is 12.8 Å². The van der Waals surface area contributed by atoms with Gasteiger partial charge in [-0.25, -0.2) is 0 Å². The topological polar surface area (TPSA) is 95.3 Å². The standard InChI is InChI=1S/C10H11N3O3/c1-16-10-7(5-6-9(14)15)3-2-4-8(10)12-13-11/h2-4H,5-6H2,1H3,(H,14,15). The molecule has 6 nitrogen and oxygen atoms in total. The van der Waals surface area contributed by atoms with Crippen LogP contribution in [0.5, 0.6) is 5.75 Å². The lowest BCUT2D eigenvalue weighted by atomic mass is 10.1. The maximum atomic E-state index is 10.5. The molecule has 1 N–H and O–H groups in total. The molecule has 0 amide bonds. The first-order valence-corrected chi connectivity index (χ1v) is 4.61. The molecule has 1 rings (SSSR count). The number of nitrogens with zero attached hydrogens (tertiary/aromatic N) is 3. The number of aliphatic carboxylic acids is 1. The summed E-state index contributed by atoms with van der Waals surface area (Å²) in [4.78, 5) is 13.1. The van der Waals surface area contributed by atoms with Crippen LogP contribution < -0.4 is 4.74 Å². The molecule has 1 aromatic rings. The molecule has 16 heavy (non-hydrogen) atoms. The highest BCUT2D eigenvalue weighted by Gasteiger charge is 2.08. The van der Waals surface area contributed by atoms with Gasteiger partial charge in [-0.2, -0.15) is 0 Å². The van der Waals surface area contributed by atoms with Crippen molar-refractivity contribution in [3.63, 3.8) is 0 Å². The maximum Gasteiger partial charge on any atom is 0.303 e. The fourth-order valence-electron chi connectivity index (χ4n) is 1.37. The second kappa shape index (κ2) is 5.63. The van der Waals surface area contributed by atoms with Crippen molar-refractivity contribution in [2.75, 3.05) is 7.11 Å². The largest absolute Gasteiger partial charge is 0.496 e. The van der Waals surface area contributed by atoms with Crippen LogP contribution in [0.4, 0.5) is 5.69 Å². The summed E-state index contributed by atoms with van der Waals surface area (Å²) in [6.07, 6.45) is 0.351. The van der Waals surface area contributed by atoms with E-state index in [1.54, 1.807) is 18.2 Å². The van der Waals surface area contributed by atoms with Crippen LogP contribution in [-0.2, 0) is 11.2 Å². The number of ether oxygens (including phenoxy) is 1. The summed E-state index contributed by atoms with van der Waals surface area (Å²) in [6, 6.07) is 5.06. The Balaban J connectivity index is 3.03. The minimum Gasteiger partial charge on any atom is -0.496 e. The van der Waals surface area contributed by atoms with E-state index in [0.29, 0.717) is 17.9 Å². The van der Waals surface area contributed by atoms with Gasteiger partial charge >= 0.3 is 5.97 Å². The Morgan fingerprint density at radius 1 is 1.62 bits per heavy atom. The molecule has 1 aromatic carbocycles. The summed E-state index contributed by atoms with van der Waals surface area (Å²) in [6.45, 7) is 0. The van der Waals surface area contributed by atoms with E-state index in [4.69, 9.17) is 15.4 Å². The smallest absolute Gasteiger partial charge is 0.303 e. The van der Waals surface area contributed by atoms with Gasteiger partial charge in [-0.3, -0.25) is 4.79 Å². The highest BCUT2D eigenvalue weighted by molar-refractivity contribution is 5.67. The molecular formula is C10H11N3O3. The summed E-state index contributed by atoms with van der Waals surface area (Å²) in [5, 5.41) is 12.1. The zero-order chi connectivity index (χ0) is 12.0. The van der Waals surface area contributed by atoms with E-state index < -0.39 is 5.97 Å². The van der Waals surface area contributed by atoms with Crippen molar-refractivity contribution in [3.05, 3.63) is 34.2 Å². The normalized spacial score (nSPS) is 9.31. The number of carbonyl (C=O) groups is 1. The Morgan fingerprint density at radius 3 is 2.94 bits per heavy atom. The molecule has 0 radical (unpaired) electrons. The van der Waals surface area contributed by atoms with E-state index >= 15 is 0 Å². The van der Waals surface area contributed by atoms with E-state index in [9.17, 15) is 4.79 Å². The van der Waals surface area contributed by atoms with Crippen molar-refractivity contribution in [1.29, 1.82) is 0 Å². The number of methoxy groups -OCH3 is 1. The number of hydrogen-bond acceptors (Lipinski definition) is 3. The molecule has 0 aliphatic rings. The Hall–Kier alpha value is -2.20. The lowest BCUT2D eigenvalue weighted by Gasteiger charge is -2.09. The number of carboxylic acids is 1. The second-order valence-corrected chi connectivity index (χ2v) is 3.05. The number of para-hydroxylation sites is 1. The third kappa shape index (κ3) is 2.90. The number of benzene rings is 1. The Labute approximate surface area is 92.1 Å². The quantitative estimate of drug-likeness (QED) is 0.470. The van der Waals surface area contributed by atoms with E-state index in [1.807, 2.05) is 0 Å². The number of rotatable bonds is 5. The SMILES string of the molecule is COc1c(CCC(=O)O)cccc1N=[N+]=[N-]. The van der Waals surface area contributed by atoms with Crippen LogP contribution >= 0.6 is 0 Å². The number of carboxylic acid groups (broad SMARTS) is 1. The highest BCUT2D eigenvalue weighted by atomic mass is 16.5. The third-order valence-electron chi connectivity index (χ3n) is 2.04. The van der Waals surface area contributed by atoms with E-state index in [2.05, 4.69) is 10.0 Å². The van der Waals surface area contributed by atoms with Crippen LogP contribution in [0.1, 0.15) is 12.0 Å². The molecule has 0 saturated heterocycles. The molecule has 0 aliphatic heterocycles. The Bertz CT molecular complexity index is 439. The van der Waals surface area contributed by atoms with E-state index in [1.165, 1.54) is 7.11 Å². The van der Waals surface area contributed by atoms with Gasteiger partial charge in [-0.1, -0.05) is 17.2 Å². The van der Waals surface area contributed by atoms with Crippen LogP contribution in [0, 0.1) is 0 Å². The summed E-state index contributed by atoms with van der Waals surface area (Å²) in [7, 11) is 1.45. The molecule has 0 unspecified atom stereocenters. The monoisotopic (exact) mass is 221 g/mol. The number of aryl methyl sites for hydroxylation is 1. The average molecular weight is 221 g/mol. The molecular weight excluding hydrogens is 210 g/mol. The molecule has 6 heteroatoms. The van der Waals surface area contributed by atoms with Crippen molar-refractivity contribution in [2.24, 2.45) is 5.11 Å². The van der Waals surface area contributed by atoms with Crippen molar-refractivity contribution >= 4 is 11.7 Å². The molecule has 0 fully saturated rings. The average Bonchev–Trinajstić information content (AvgIpc) is 2.27. The molecule has 0 spiro atoms. The first-order valence-electron chi connectivity index (χ1n) is 4.61. The van der Waals surface area contributed by atoms with Crippen molar-refractivity contribution < 1.29 is 14.6 Å². The molecule has 0 aliphatic carbocycles. The Morgan fingerprint density at radius 2 is 2.38 bits per heavy atom. The van der Waals surface area contributed by atoms with Gasteiger partial charge in [-0.15, -0.1) is 0 Å². The van der Waals surface area contributed by atoms with Gasteiger partial charge in [0.2, 0.25) is 0 Å². The molecule has 0 bridgehead atoms. The van der Waals surface area contributed by atoms with Crippen molar-refractivity contribution in [2.45, 2.75) is 12.8 Å². The van der Waals surface area contributed by atoms with Crippen molar-refractivity contribution in [1.82, 2.24) is 0 Å². The first-order chi connectivity index (χ1) is 7.69. The zero-order valence-electron chi connectivity index (χ0n) is 8.75. The van der Waals surface area contributed by atoms with Gasteiger partial charge < -0.3 is 9.84 Å². The van der Waals surface area contributed by atoms with E-state index in [0.717, 1.165) is 5.56 Å². The van der Waals surface area contributed by atoms with Gasteiger partial charge in [-0.05, 0) is 23.6 Å². The molecule has 0 atom stereocenters. The number of hydrogen-bond donors (Lipinski definition) is 1. The summed E-state index contributed by atoms with van der Waals surface area (Å²) >= 11 is 0. The van der Waals surface area contributed by atoms with Crippen molar-refractivity contribution in [3.8, 4) is 5.75 Å². The van der Waals surface area contributed by atoms with Crippen LogP contribution in [0.2, 0.25) is 0 Å². The van der Waals surface area contributed by atoms with E-state index in [-0.39, 0.29) is 6.42 Å². The van der Waals surface area contributed by atoms with Crippen LogP contribution in [0.25, 0.3) is 10.4 Å². The van der Waals surface area contributed by atoms with Gasteiger partial charge in [0.1, 0.15) is 5.75 Å². The third-order valence-corrected chi connectivity index (χ3v) is 2.04. The summed E-state index contributed by atoms with van der Waals surface area (Å²) in [5.41, 5.74) is 9.44. The fraction of sp³-hybridized carbons (Fsp3) is 0.300. The van der Waals surface area contributed by atoms with Crippen LogP contribution in [-0.4, -0.2) is 18.2 Å². The minimum absolute atomic E-state index is 0.0100. The predicted molar refractivity (Wildman–Crippen MR) is 57.8 cm³/mol. The Kier molecular flexibility index (Phi) is 4.17. The molecule has 0 aromatic heterocycles. The molecule has 0 saturated carbocycles.